The smallest absolute Gasteiger partial charge is 0.236 e. The van der Waals surface area contributed by atoms with Crippen LogP contribution in [0, 0.1) is 23.0 Å². The third-order valence-electron chi connectivity index (χ3n) is 4.93. The topological polar surface area (TPSA) is 47.3 Å². The van der Waals surface area contributed by atoms with Crippen LogP contribution in [0.2, 0.25) is 0 Å². The number of halogens is 2. The van der Waals surface area contributed by atoms with Crippen LogP contribution in [0.4, 0.5) is 8.78 Å². The summed E-state index contributed by atoms with van der Waals surface area (Å²) in [6, 6.07) is 21.8. The molecule has 3 aromatic carbocycles. The first kappa shape index (κ1) is 22.1. The molecule has 158 valence electrons. The molecule has 0 saturated carbocycles. The van der Waals surface area contributed by atoms with Crippen LogP contribution in [0.5, 0.6) is 0 Å². The third kappa shape index (κ3) is 6.46. The lowest BCUT2D eigenvalue weighted by molar-refractivity contribution is -0.132. The first-order valence-corrected chi connectivity index (χ1v) is 9.88. The number of carbonyl (C=O) groups excluding carboxylic acids is 1. The molecule has 0 N–H and O–H groups in total. The van der Waals surface area contributed by atoms with E-state index >= 15 is 0 Å². The molecule has 0 aromatic heterocycles. The number of amides is 1. The maximum Gasteiger partial charge on any atom is 0.236 e. The number of carbonyl (C=O) groups is 1. The van der Waals surface area contributed by atoms with E-state index in [4.69, 9.17) is 5.26 Å². The maximum atomic E-state index is 13.9. The van der Waals surface area contributed by atoms with Crippen molar-refractivity contribution in [2.24, 2.45) is 0 Å². The van der Waals surface area contributed by atoms with Crippen molar-refractivity contribution in [2.45, 2.75) is 19.6 Å². The van der Waals surface area contributed by atoms with E-state index in [0.29, 0.717) is 24.2 Å². The summed E-state index contributed by atoms with van der Waals surface area (Å²) in [7, 11) is 1.64. The van der Waals surface area contributed by atoms with Crippen LogP contribution in [0.15, 0.2) is 72.8 Å². The minimum atomic E-state index is -0.351. The molecule has 0 spiro atoms. The Bertz CT molecular complexity index is 1080. The van der Waals surface area contributed by atoms with Gasteiger partial charge in [0.1, 0.15) is 11.6 Å². The first-order valence-electron chi connectivity index (χ1n) is 9.88. The van der Waals surface area contributed by atoms with Crippen LogP contribution in [-0.2, 0) is 24.4 Å². The highest BCUT2D eigenvalue weighted by molar-refractivity contribution is 5.78. The fraction of sp³-hybridized carbons (Fsp3) is 0.200. The summed E-state index contributed by atoms with van der Waals surface area (Å²) in [6.07, 6.45) is 0. The zero-order valence-corrected chi connectivity index (χ0v) is 17.3. The zero-order valence-electron chi connectivity index (χ0n) is 17.3. The first-order chi connectivity index (χ1) is 14.9. The number of likely N-dealkylation sites (N-methyl/N-ethyl adjacent to an activating group) is 1. The standard InChI is InChI=1S/C25H23F2N3O/c1-29(17-22-6-2-3-8-24(22)27)25(31)18-30(16-21-5-4-7-23(26)13-21)15-20-11-9-19(14-28)10-12-20/h2-13H,15-18H2,1H3. The number of rotatable bonds is 8. The number of benzene rings is 3. The molecule has 0 heterocycles. The second-order valence-electron chi connectivity index (χ2n) is 7.43. The predicted octanol–water partition coefficient (Wildman–Crippen LogP) is 4.50. The fourth-order valence-electron chi connectivity index (χ4n) is 3.29. The summed E-state index contributed by atoms with van der Waals surface area (Å²) in [6.45, 7) is 1.07. The van der Waals surface area contributed by atoms with Gasteiger partial charge in [-0.2, -0.15) is 5.26 Å². The van der Waals surface area contributed by atoms with E-state index in [1.54, 1.807) is 43.4 Å². The Morgan fingerprint density at radius 1 is 0.903 bits per heavy atom. The Morgan fingerprint density at radius 2 is 1.61 bits per heavy atom. The average molecular weight is 419 g/mol. The Hall–Kier alpha value is -3.56. The highest BCUT2D eigenvalue weighted by Gasteiger charge is 2.17. The zero-order chi connectivity index (χ0) is 22.2. The van der Waals surface area contributed by atoms with Crippen molar-refractivity contribution in [3.05, 3.63) is 107 Å². The molecule has 0 aliphatic carbocycles. The van der Waals surface area contributed by atoms with Crippen LogP contribution in [0.1, 0.15) is 22.3 Å². The van der Waals surface area contributed by atoms with Gasteiger partial charge in [-0.1, -0.05) is 42.5 Å². The molecule has 0 bridgehead atoms. The lowest BCUT2D eigenvalue weighted by Gasteiger charge is -2.25. The Kier molecular flexibility index (Phi) is 7.47. The van der Waals surface area contributed by atoms with Crippen molar-refractivity contribution in [1.82, 2.24) is 9.80 Å². The lowest BCUT2D eigenvalue weighted by Crippen LogP contribution is -2.37. The molecule has 0 aliphatic rings. The molecule has 0 saturated heterocycles. The lowest BCUT2D eigenvalue weighted by atomic mass is 10.1. The Balaban J connectivity index is 1.73. The summed E-state index contributed by atoms with van der Waals surface area (Å²) >= 11 is 0. The van der Waals surface area contributed by atoms with Gasteiger partial charge >= 0.3 is 0 Å². The molecule has 1 amide bonds. The van der Waals surface area contributed by atoms with Crippen LogP contribution < -0.4 is 0 Å². The van der Waals surface area contributed by atoms with Crippen molar-refractivity contribution in [2.75, 3.05) is 13.6 Å². The molecule has 4 nitrogen and oxygen atoms in total. The van der Waals surface area contributed by atoms with E-state index in [0.717, 1.165) is 11.1 Å². The van der Waals surface area contributed by atoms with Gasteiger partial charge < -0.3 is 4.90 Å². The molecule has 31 heavy (non-hydrogen) atoms. The van der Waals surface area contributed by atoms with Gasteiger partial charge in [0.25, 0.3) is 0 Å². The Labute approximate surface area is 181 Å². The van der Waals surface area contributed by atoms with Gasteiger partial charge in [-0.3, -0.25) is 9.69 Å². The van der Waals surface area contributed by atoms with Crippen molar-refractivity contribution in [1.29, 1.82) is 5.26 Å². The average Bonchev–Trinajstić information content (AvgIpc) is 2.76. The number of hydrogen-bond donors (Lipinski definition) is 0. The van der Waals surface area contributed by atoms with Gasteiger partial charge in [0.15, 0.2) is 0 Å². The molecule has 6 heteroatoms. The SMILES string of the molecule is CN(Cc1ccccc1F)C(=O)CN(Cc1ccc(C#N)cc1)Cc1cccc(F)c1. The van der Waals surface area contributed by atoms with E-state index in [1.165, 1.54) is 23.1 Å². The predicted molar refractivity (Wildman–Crippen MR) is 115 cm³/mol. The summed E-state index contributed by atoms with van der Waals surface area (Å²) in [5.41, 5.74) is 2.68. The quantitative estimate of drug-likeness (QED) is 0.540. The number of nitrogens with zero attached hydrogens (tertiary/aromatic N) is 3. The summed E-state index contributed by atoms with van der Waals surface area (Å²) < 4.78 is 27.6. The molecule has 3 rings (SSSR count). The third-order valence-corrected chi connectivity index (χ3v) is 4.93. The van der Waals surface area contributed by atoms with Crippen molar-refractivity contribution >= 4 is 5.91 Å². The van der Waals surface area contributed by atoms with Gasteiger partial charge in [-0.05, 0) is 41.5 Å². The second-order valence-corrected chi connectivity index (χ2v) is 7.43. The van der Waals surface area contributed by atoms with E-state index in [1.807, 2.05) is 23.1 Å². The molecule has 0 atom stereocenters. The minimum absolute atomic E-state index is 0.0848. The monoisotopic (exact) mass is 419 g/mol. The normalized spacial score (nSPS) is 10.7. The molecule has 3 aromatic rings. The fourth-order valence-corrected chi connectivity index (χ4v) is 3.29. The van der Waals surface area contributed by atoms with Crippen molar-refractivity contribution < 1.29 is 13.6 Å². The highest BCUT2D eigenvalue weighted by atomic mass is 19.1. The molecular weight excluding hydrogens is 396 g/mol. The molecular formula is C25H23F2N3O. The van der Waals surface area contributed by atoms with Gasteiger partial charge in [-0.25, -0.2) is 8.78 Å². The van der Waals surface area contributed by atoms with Gasteiger partial charge in [0, 0.05) is 32.2 Å². The van der Waals surface area contributed by atoms with E-state index in [2.05, 4.69) is 6.07 Å². The molecule has 0 fully saturated rings. The van der Waals surface area contributed by atoms with Crippen LogP contribution >= 0.6 is 0 Å². The van der Waals surface area contributed by atoms with E-state index in [-0.39, 0.29) is 30.6 Å². The van der Waals surface area contributed by atoms with Gasteiger partial charge in [-0.15, -0.1) is 0 Å². The molecule has 0 radical (unpaired) electrons. The highest BCUT2D eigenvalue weighted by Crippen LogP contribution is 2.14. The summed E-state index contributed by atoms with van der Waals surface area (Å²) in [5.74, 6) is -0.858. The van der Waals surface area contributed by atoms with Crippen molar-refractivity contribution in [3.8, 4) is 6.07 Å². The van der Waals surface area contributed by atoms with Gasteiger partial charge in [0.05, 0.1) is 18.2 Å². The second kappa shape index (κ2) is 10.5. The van der Waals surface area contributed by atoms with Gasteiger partial charge in [0.2, 0.25) is 5.91 Å². The summed E-state index contributed by atoms with van der Waals surface area (Å²) in [5, 5.41) is 8.98. The number of nitriles is 1. The van der Waals surface area contributed by atoms with Crippen LogP contribution in [0.25, 0.3) is 0 Å². The minimum Gasteiger partial charge on any atom is -0.340 e. The van der Waals surface area contributed by atoms with Crippen LogP contribution in [0.3, 0.4) is 0 Å². The number of hydrogen-bond acceptors (Lipinski definition) is 3. The maximum absolute atomic E-state index is 13.9. The van der Waals surface area contributed by atoms with E-state index < -0.39 is 0 Å². The van der Waals surface area contributed by atoms with Crippen molar-refractivity contribution in [3.63, 3.8) is 0 Å². The van der Waals surface area contributed by atoms with Crippen LogP contribution in [-0.4, -0.2) is 29.3 Å². The molecule has 0 unspecified atom stereocenters. The van der Waals surface area contributed by atoms with E-state index in [9.17, 15) is 13.6 Å². The largest absolute Gasteiger partial charge is 0.340 e. The summed E-state index contributed by atoms with van der Waals surface area (Å²) in [4.78, 5) is 16.2. The Morgan fingerprint density at radius 3 is 2.29 bits per heavy atom. The molecule has 0 aliphatic heterocycles.